The van der Waals surface area contributed by atoms with E-state index in [4.69, 9.17) is 4.74 Å². The van der Waals surface area contributed by atoms with Crippen LogP contribution in [0.25, 0.3) is 0 Å². The van der Waals surface area contributed by atoms with Crippen LogP contribution in [0.4, 0.5) is 20.2 Å². The lowest BCUT2D eigenvalue weighted by molar-refractivity contribution is -0.115. The highest BCUT2D eigenvalue weighted by Crippen LogP contribution is 2.24. The van der Waals surface area contributed by atoms with Gasteiger partial charge in [0.15, 0.2) is 0 Å². The van der Waals surface area contributed by atoms with Gasteiger partial charge in [-0.3, -0.25) is 9.59 Å². The summed E-state index contributed by atoms with van der Waals surface area (Å²) in [6, 6.07) is 26.1. The number of benzene rings is 4. The Morgan fingerprint density at radius 3 is 2.25 bits per heavy atom. The van der Waals surface area contributed by atoms with E-state index in [9.17, 15) is 18.4 Å². The van der Waals surface area contributed by atoms with Crippen molar-refractivity contribution in [2.24, 2.45) is 0 Å². The molecule has 0 fully saturated rings. The SMILES string of the molecule is COc1ccc(NC(=O)Cc2cccc(N(Cc3ccccc3)C(=O)c3ccc(F)cc3F)c2)cc1. The van der Waals surface area contributed by atoms with Gasteiger partial charge in [0.05, 0.1) is 25.6 Å². The Kier molecular flexibility index (Phi) is 7.70. The average molecular weight is 487 g/mol. The number of carbonyl (C=O) groups excluding carboxylic acids is 2. The number of amides is 2. The molecule has 4 aromatic rings. The molecule has 5 nitrogen and oxygen atoms in total. The molecule has 7 heteroatoms. The van der Waals surface area contributed by atoms with Crippen molar-refractivity contribution in [3.8, 4) is 5.75 Å². The van der Waals surface area contributed by atoms with Crippen molar-refractivity contribution < 1.29 is 23.1 Å². The van der Waals surface area contributed by atoms with Gasteiger partial charge in [-0.05, 0) is 59.7 Å². The zero-order valence-electron chi connectivity index (χ0n) is 19.6. The lowest BCUT2D eigenvalue weighted by Crippen LogP contribution is -2.31. The number of anilines is 2. The Morgan fingerprint density at radius 2 is 1.56 bits per heavy atom. The summed E-state index contributed by atoms with van der Waals surface area (Å²) in [5.74, 6) is -1.86. The van der Waals surface area contributed by atoms with E-state index in [1.165, 1.54) is 4.90 Å². The molecule has 0 aliphatic heterocycles. The highest BCUT2D eigenvalue weighted by Gasteiger charge is 2.22. The van der Waals surface area contributed by atoms with Crippen molar-refractivity contribution in [2.45, 2.75) is 13.0 Å². The van der Waals surface area contributed by atoms with Crippen LogP contribution in [0.15, 0.2) is 97.1 Å². The number of carbonyl (C=O) groups is 2. The molecule has 0 saturated carbocycles. The summed E-state index contributed by atoms with van der Waals surface area (Å²) < 4.78 is 33.0. The van der Waals surface area contributed by atoms with Gasteiger partial charge in [0.2, 0.25) is 5.91 Å². The maximum absolute atomic E-state index is 14.5. The molecule has 0 bridgehead atoms. The second-order valence-electron chi connectivity index (χ2n) is 8.12. The summed E-state index contributed by atoms with van der Waals surface area (Å²) in [5, 5.41) is 2.83. The van der Waals surface area contributed by atoms with Gasteiger partial charge >= 0.3 is 0 Å². The fourth-order valence-corrected chi connectivity index (χ4v) is 3.75. The molecule has 182 valence electrons. The van der Waals surface area contributed by atoms with Gasteiger partial charge in [0.1, 0.15) is 17.4 Å². The van der Waals surface area contributed by atoms with Crippen LogP contribution in [0.5, 0.6) is 5.75 Å². The van der Waals surface area contributed by atoms with E-state index < -0.39 is 17.5 Å². The Bertz CT molecular complexity index is 1360. The third-order valence-electron chi connectivity index (χ3n) is 5.55. The molecule has 0 radical (unpaired) electrons. The van der Waals surface area contributed by atoms with E-state index in [-0.39, 0.29) is 24.4 Å². The van der Waals surface area contributed by atoms with Crippen LogP contribution in [-0.2, 0) is 17.8 Å². The van der Waals surface area contributed by atoms with Gasteiger partial charge in [-0.25, -0.2) is 8.78 Å². The molecule has 4 aromatic carbocycles. The minimum atomic E-state index is -0.937. The van der Waals surface area contributed by atoms with Crippen LogP contribution in [0.1, 0.15) is 21.5 Å². The summed E-state index contributed by atoms with van der Waals surface area (Å²) in [6.07, 6.45) is 0.0676. The van der Waals surface area contributed by atoms with Gasteiger partial charge in [0.25, 0.3) is 5.91 Å². The van der Waals surface area contributed by atoms with E-state index >= 15 is 0 Å². The Labute approximate surface area is 208 Å². The maximum atomic E-state index is 14.5. The Hall–Kier alpha value is -4.52. The highest BCUT2D eigenvalue weighted by molar-refractivity contribution is 6.06. The van der Waals surface area contributed by atoms with E-state index in [1.54, 1.807) is 55.6 Å². The summed E-state index contributed by atoms with van der Waals surface area (Å²) in [7, 11) is 1.57. The van der Waals surface area contributed by atoms with Crippen LogP contribution in [0, 0.1) is 11.6 Å². The topological polar surface area (TPSA) is 58.6 Å². The maximum Gasteiger partial charge on any atom is 0.261 e. The average Bonchev–Trinajstić information content (AvgIpc) is 2.88. The van der Waals surface area contributed by atoms with Crippen LogP contribution in [-0.4, -0.2) is 18.9 Å². The molecule has 0 unspecified atom stereocenters. The number of hydrogen-bond acceptors (Lipinski definition) is 3. The van der Waals surface area contributed by atoms with Crippen molar-refractivity contribution in [3.63, 3.8) is 0 Å². The van der Waals surface area contributed by atoms with Crippen molar-refractivity contribution in [2.75, 3.05) is 17.3 Å². The summed E-state index contributed by atoms with van der Waals surface area (Å²) >= 11 is 0. The highest BCUT2D eigenvalue weighted by atomic mass is 19.1. The monoisotopic (exact) mass is 486 g/mol. The first-order valence-electron chi connectivity index (χ1n) is 11.3. The molecule has 0 saturated heterocycles. The third-order valence-corrected chi connectivity index (χ3v) is 5.55. The zero-order chi connectivity index (χ0) is 25.5. The van der Waals surface area contributed by atoms with Crippen molar-refractivity contribution in [3.05, 3.63) is 125 Å². The van der Waals surface area contributed by atoms with Gasteiger partial charge in [0, 0.05) is 17.4 Å². The first-order chi connectivity index (χ1) is 17.4. The minimum absolute atomic E-state index is 0.0676. The zero-order valence-corrected chi connectivity index (χ0v) is 19.6. The predicted octanol–water partition coefficient (Wildman–Crippen LogP) is 6.00. The molecule has 2 amide bonds. The molecule has 36 heavy (non-hydrogen) atoms. The van der Waals surface area contributed by atoms with Gasteiger partial charge in [-0.15, -0.1) is 0 Å². The van der Waals surface area contributed by atoms with E-state index in [1.807, 2.05) is 30.3 Å². The number of methoxy groups -OCH3 is 1. The molecule has 0 atom stereocenters. The largest absolute Gasteiger partial charge is 0.497 e. The number of nitrogens with one attached hydrogen (secondary N) is 1. The van der Waals surface area contributed by atoms with Gasteiger partial charge in [-0.2, -0.15) is 0 Å². The molecule has 1 N–H and O–H groups in total. The quantitative estimate of drug-likeness (QED) is 0.332. The first-order valence-corrected chi connectivity index (χ1v) is 11.3. The molecule has 4 rings (SSSR count). The smallest absolute Gasteiger partial charge is 0.261 e. The standard InChI is InChI=1S/C29H24F2N2O3/c1-36-25-13-11-23(12-14-25)32-28(34)17-21-8-5-9-24(16-21)33(19-20-6-3-2-4-7-20)29(35)26-15-10-22(30)18-27(26)31/h2-16,18H,17,19H2,1H3,(H,32,34). The normalized spacial score (nSPS) is 10.5. The number of nitrogens with zero attached hydrogens (tertiary/aromatic N) is 1. The van der Waals surface area contributed by atoms with E-state index in [2.05, 4.69) is 5.32 Å². The van der Waals surface area contributed by atoms with Gasteiger partial charge < -0.3 is 15.0 Å². The molecular weight excluding hydrogens is 462 g/mol. The number of hydrogen-bond donors (Lipinski definition) is 1. The van der Waals surface area contributed by atoms with E-state index in [0.29, 0.717) is 28.8 Å². The van der Waals surface area contributed by atoms with E-state index in [0.717, 1.165) is 17.7 Å². The Balaban J connectivity index is 1.58. The lowest BCUT2D eigenvalue weighted by Gasteiger charge is -2.24. The predicted molar refractivity (Wildman–Crippen MR) is 135 cm³/mol. The van der Waals surface area contributed by atoms with Crippen LogP contribution >= 0.6 is 0 Å². The third kappa shape index (κ3) is 6.13. The van der Waals surface area contributed by atoms with Crippen molar-refractivity contribution in [1.82, 2.24) is 0 Å². The summed E-state index contributed by atoms with van der Waals surface area (Å²) in [6.45, 7) is 0.165. The number of rotatable bonds is 8. The van der Waals surface area contributed by atoms with Crippen molar-refractivity contribution >= 4 is 23.2 Å². The molecule has 0 aliphatic carbocycles. The minimum Gasteiger partial charge on any atom is -0.497 e. The van der Waals surface area contributed by atoms with Crippen LogP contribution < -0.4 is 15.0 Å². The number of ether oxygens (including phenoxy) is 1. The second kappa shape index (κ2) is 11.3. The second-order valence-corrected chi connectivity index (χ2v) is 8.12. The van der Waals surface area contributed by atoms with Crippen molar-refractivity contribution in [1.29, 1.82) is 0 Å². The molecular formula is C29H24F2N2O3. The fourth-order valence-electron chi connectivity index (χ4n) is 3.75. The summed E-state index contributed by atoms with van der Waals surface area (Å²) in [5.41, 5.74) is 2.38. The summed E-state index contributed by atoms with van der Waals surface area (Å²) in [4.78, 5) is 27.4. The van der Waals surface area contributed by atoms with Gasteiger partial charge in [-0.1, -0.05) is 42.5 Å². The lowest BCUT2D eigenvalue weighted by atomic mass is 10.1. The first kappa shape index (κ1) is 24.6. The van der Waals surface area contributed by atoms with Crippen LogP contribution in [0.2, 0.25) is 0 Å². The molecule has 0 aliphatic rings. The molecule has 0 aromatic heterocycles. The van der Waals surface area contributed by atoms with Crippen LogP contribution in [0.3, 0.4) is 0 Å². The Morgan fingerprint density at radius 1 is 0.833 bits per heavy atom. The molecule has 0 heterocycles. The fraction of sp³-hybridized carbons (Fsp3) is 0.103. The number of halogens is 2. The molecule has 0 spiro atoms.